The lowest BCUT2D eigenvalue weighted by Gasteiger charge is -2.49. The van der Waals surface area contributed by atoms with Crippen LogP contribution in [-0.2, 0) is 0 Å². The molecule has 0 spiro atoms. The molecule has 274 valence electrons. The summed E-state index contributed by atoms with van der Waals surface area (Å²) in [6.07, 6.45) is 0. The molecule has 9 aromatic carbocycles. The quantitative estimate of drug-likeness (QED) is 0.163. The third-order valence-electron chi connectivity index (χ3n) is 12.7. The van der Waals surface area contributed by atoms with Crippen LogP contribution in [0.4, 0.5) is 51.2 Å². The number of anilines is 9. The van der Waals surface area contributed by atoms with Gasteiger partial charge in [-0.05, 0) is 125 Å². The highest BCUT2D eigenvalue weighted by Gasteiger charge is 2.49. The maximum Gasteiger partial charge on any atom is 0.257 e. The molecule has 0 saturated carbocycles. The number of benzene rings is 9. The van der Waals surface area contributed by atoms with E-state index in [-0.39, 0.29) is 6.71 Å². The summed E-state index contributed by atoms with van der Waals surface area (Å²) in [4.78, 5) is 7.49. The van der Waals surface area contributed by atoms with Gasteiger partial charge in [0.1, 0.15) is 0 Å². The van der Waals surface area contributed by atoms with Gasteiger partial charge in [-0.25, -0.2) is 0 Å². The Kier molecular flexibility index (Phi) is 6.78. The van der Waals surface area contributed by atoms with Crippen LogP contribution in [0, 0.1) is 0 Å². The molecular formula is C54H35BN4. The molecule has 3 aliphatic rings. The van der Waals surface area contributed by atoms with E-state index in [1.807, 2.05) is 0 Å². The fourth-order valence-corrected chi connectivity index (χ4v) is 10.3. The van der Waals surface area contributed by atoms with Gasteiger partial charge < -0.3 is 19.3 Å². The molecule has 59 heavy (non-hydrogen) atoms. The molecule has 4 heterocycles. The van der Waals surface area contributed by atoms with Crippen LogP contribution in [-0.4, -0.2) is 11.3 Å². The summed E-state index contributed by atoms with van der Waals surface area (Å²) in [5.41, 5.74) is 20.7. The molecule has 10 aromatic rings. The molecule has 13 rings (SSSR count). The molecule has 0 aliphatic carbocycles. The SMILES string of the molecule is c1ccc(N2c3cccc4c3B3c5c2cccc5N(c2ccccc2)c2cc(-c5ccc(-n6c7ccccc7c7ccccc76)cc5)cc(c23)N4c2ccccc2)cc1. The lowest BCUT2D eigenvalue weighted by atomic mass is 9.31. The molecule has 0 saturated heterocycles. The highest BCUT2D eigenvalue weighted by Crippen LogP contribution is 2.51. The molecule has 0 unspecified atom stereocenters. The van der Waals surface area contributed by atoms with E-state index >= 15 is 0 Å². The van der Waals surface area contributed by atoms with E-state index in [2.05, 4.69) is 232 Å². The second kappa shape index (κ2) is 12.4. The normalized spacial score (nSPS) is 13.3. The van der Waals surface area contributed by atoms with Gasteiger partial charge >= 0.3 is 0 Å². The predicted octanol–water partition coefficient (Wildman–Crippen LogP) is 12.3. The first kappa shape index (κ1) is 32.3. The highest BCUT2D eigenvalue weighted by atomic mass is 15.2. The summed E-state index contributed by atoms with van der Waals surface area (Å²) in [5, 5.41) is 2.54. The predicted molar refractivity (Wildman–Crippen MR) is 248 cm³/mol. The summed E-state index contributed by atoms with van der Waals surface area (Å²) < 4.78 is 2.39. The van der Waals surface area contributed by atoms with E-state index < -0.39 is 0 Å². The van der Waals surface area contributed by atoms with Crippen LogP contribution in [0.15, 0.2) is 212 Å². The summed E-state index contributed by atoms with van der Waals surface area (Å²) in [6, 6.07) is 77.9. The van der Waals surface area contributed by atoms with Gasteiger partial charge in [0, 0.05) is 67.6 Å². The lowest BCUT2D eigenvalue weighted by Crippen LogP contribution is -2.64. The molecule has 0 atom stereocenters. The fourth-order valence-electron chi connectivity index (χ4n) is 10.3. The molecule has 0 amide bonds. The summed E-state index contributed by atoms with van der Waals surface area (Å²) >= 11 is 0. The number of nitrogens with zero attached hydrogens (tertiary/aromatic N) is 4. The maximum atomic E-state index is 2.51. The second-order valence-electron chi connectivity index (χ2n) is 15.7. The van der Waals surface area contributed by atoms with Crippen molar-refractivity contribution in [1.82, 2.24) is 4.57 Å². The molecular weight excluding hydrogens is 715 g/mol. The van der Waals surface area contributed by atoms with Gasteiger partial charge in [-0.2, -0.15) is 0 Å². The zero-order chi connectivity index (χ0) is 38.6. The molecule has 3 aliphatic heterocycles. The van der Waals surface area contributed by atoms with Gasteiger partial charge in [-0.3, -0.25) is 0 Å². The number of aromatic nitrogens is 1. The minimum atomic E-state index is 0.0454. The van der Waals surface area contributed by atoms with Crippen molar-refractivity contribution in [2.75, 3.05) is 14.7 Å². The van der Waals surface area contributed by atoms with Crippen LogP contribution in [0.2, 0.25) is 0 Å². The van der Waals surface area contributed by atoms with Gasteiger partial charge in [0.05, 0.1) is 11.0 Å². The van der Waals surface area contributed by atoms with Crippen LogP contribution in [0.5, 0.6) is 0 Å². The van der Waals surface area contributed by atoms with E-state index in [0.29, 0.717) is 0 Å². The largest absolute Gasteiger partial charge is 0.311 e. The van der Waals surface area contributed by atoms with E-state index in [0.717, 1.165) is 22.7 Å². The number of hydrogen-bond acceptors (Lipinski definition) is 3. The van der Waals surface area contributed by atoms with Crippen molar-refractivity contribution < 1.29 is 0 Å². The van der Waals surface area contributed by atoms with Crippen molar-refractivity contribution in [3.05, 3.63) is 212 Å². The molecule has 0 N–H and O–H groups in total. The van der Waals surface area contributed by atoms with Crippen molar-refractivity contribution >= 4 is 96.1 Å². The zero-order valence-corrected chi connectivity index (χ0v) is 32.1. The Morgan fingerprint density at radius 1 is 0.271 bits per heavy atom. The van der Waals surface area contributed by atoms with Gasteiger partial charge in [0.2, 0.25) is 0 Å². The first-order valence-electron chi connectivity index (χ1n) is 20.4. The number of rotatable bonds is 5. The smallest absolute Gasteiger partial charge is 0.257 e. The summed E-state index contributed by atoms with van der Waals surface area (Å²) in [5.74, 6) is 0. The van der Waals surface area contributed by atoms with Crippen molar-refractivity contribution in [2.24, 2.45) is 0 Å². The Morgan fingerprint density at radius 3 is 1.08 bits per heavy atom. The number of hydrogen-bond donors (Lipinski definition) is 0. The summed E-state index contributed by atoms with van der Waals surface area (Å²) in [7, 11) is 0. The van der Waals surface area contributed by atoms with Gasteiger partial charge in [0.15, 0.2) is 0 Å². The van der Waals surface area contributed by atoms with Crippen LogP contribution in [0.25, 0.3) is 38.6 Å². The zero-order valence-electron chi connectivity index (χ0n) is 32.1. The van der Waals surface area contributed by atoms with E-state index in [4.69, 9.17) is 0 Å². The lowest BCUT2D eigenvalue weighted by molar-refractivity contribution is 1.18. The molecule has 0 fully saturated rings. The summed E-state index contributed by atoms with van der Waals surface area (Å²) in [6.45, 7) is 0.0454. The molecule has 0 bridgehead atoms. The average Bonchev–Trinajstić information content (AvgIpc) is 3.64. The van der Waals surface area contributed by atoms with E-state index in [9.17, 15) is 0 Å². The molecule has 5 heteroatoms. The molecule has 4 nitrogen and oxygen atoms in total. The van der Waals surface area contributed by atoms with E-state index in [1.54, 1.807) is 0 Å². The van der Waals surface area contributed by atoms with Gasteiger partial charge in [-0.15, -0.1) is 0 Å². The van der Waals surface area contributed by atoms with Gasteiger partial charge in [0.25, 0.3) is 6.71 Å². The first-order valence-corrected chi connectivity index (χ1v) is 20.4. The van der Waals surface area contributed by atoms with Crippen molar-refractivity contribution in [1.29, 1.82) is 0 Å². The van der Waals surface area contributed by atoms with Crippen molar-refractivity contribution in [3.63, 3.8) is 0 Å². The minimum absolute atomic E-state index is 0.0454. The standard InChI is InChI=1S/C54H35BN4/c1-4-16-38(17-5-1)57-46-26-14-28-48-52(46)55-53-47(57)27-15-29-49(53)59(40-20-8-3-9-21-40)51-35-37(34-50(54(51)55)58(48)39-18-6-2-7-19-39)36-30-32-41(33-31-36)56-44-24-12-10-22-42(44)43-23-11-13-25-45(43)56/h1-35H. The Hall–Kier alpha value is -7.76. The van der Waals surface area contributed by atoms with Crippen LogP contribution < -0.4 is 31.1 Å². The molecule has 0 radical (unpaired) electrons. The fraction of sp³-hybridized carbons (Fsp3) is 0. The van der Waals surface area contributed by atoms with Crippen LogP contribution in [0.1, 0.15) is 0 Å². The van der Waals surface area contributed by atoms with Gasteiger partial charge in [-0.1, -0.05) is 115 Å². The Balaban J connectivity index is 1.08. The monoisotopic (exact) mass is 750 g/mol. The van der Waals surface area contributed by atoms with Crippen LogP contribution in [0.3, 0.4) is 0 Å². The third-order valence-corrected chi connectivity index (χ3v) is 12.7. The Bertz CT molecular complexity index is 3110. The van der Waals surface area contributed by atoms with Crippen molar-refractivity contribution in [2.45, 2.75) is 0 Å². The number of para-hydroxylation sites is 5. The molecule has 1 aromatic heterocycles. The minimum Gasteiger partial charge on any atom is -0.311 e. The second-order valence-corrected chi connectivity index (χ2v) is 15.7. The average molecular weight is 751 g/mol. The Morgan fingerprint density at radius 2 is 0.644 bits per heavy atom. The first-order chi connectivity index (χ1) is 29.3. The van der Waals surface area contributed by atoms with Crippen molar-refractivity contribution in [3.8, 4) is 16.8 Å². The van der Waals surface area contributed by atoms with Crippen LogP contribution >= 0.6 is 0 Å². The van der Waals surface area contributed by atoms with E-state index in [1.165, 1.54) is 83.4 Å². The maximum absolute atomic E-state index is 2.51. The topological polar surface area (TPSA) is 14.7 Å². The third kappa shape index (κ3) is 4.55. The number of fused-ring (bicyclic) bond motifs is 3. The Labute approximate surface area is 343 Å². The highest BCUT2D eigenvalue weighted by molar-refractivity contribution is 7.02.